The molecule has 0 N–H and O–H groups in total. The number of ether oxygens (including phenoxy) is 2. The second-order valence-electron chi connectivity index (χ2n) is 8.28. The number of aryl methyl sites for hydroxylation is 2. The molecule has 0 bridgehead atoms. The fourth-order valence-electron chi connectivity index (χ4n) is 4.09. The summed E-state index contributed by atoms with van der Waals surface area (Å²) in [5.41, 5.74) is 3.80. The van der Waals surface area contributed by atoms with Crippen LogP contribution in [-0.4, -0.2) is 49.8 Å². The van der Waals surface area contributed by atoms with Crippen molar-refractivity contribution < 1.29 is 27.4 Å². The Morgan fingerprint density at radius 1 is 1.23 bits per heavy atom. The number of amides is 1. The van der Waals surface area contributed by atoms with Crippen LogP contribution in [0.1, 0.15) is 45.5 Å². The van der Waals surface area contributed by atoms with Crippen LogP contribution in [0.25, 0.3) is 5.69 Å². The molecule has 0 aliphatic carbocycles. The Hall–Kier alpha value is -4.01. The Morgan fingerprint density at radius 3 is 2.49 bits per heavy atom. The summed E-state index contributed by atoms with van der Waals surface area (Å²) in [6, 6.07) is 4.34. The van der Waals surface area contributed by atoms with Gasteiger partial charge in [-0.25, -0.2) is 4.68 Å². The lowest BCUT2D eigenvalue weighted by atomic mass is 10.1. The van der Waals surface area contributed by atoms with E-state index in [2.05, 4.69) is 10.2 Å². The second-order valence-corrected chi connectivity index (χ2v) is 8.28. The van der Waals surface area contributed by atoms with Crippen molar-refractivity contribution in [3.8, 4) is 23.3 Å². The lowest BCUT2D eigenvalue weighted by molar-refractivity contribution is -0.189. The number of hydrogen-bond acceptors (Lipinski definition) is 6. The normalized spacial score (nSPS) is 14.0. The average molecular weight is 488 g/mol. The van der Waals surface area contributed by atoms with Crippen molar-refractivity contribution in [2.75, 3.05) is 7.11 Å². The predicted molar refractivity (Wildman–Crippen MR) is 117 cm³/mol. The zero-order chi connectivity index (χ0) is 25.7. The molecule has 0 fully saturated rings. The molecule has 1 amide bonds. The lowest BCUT2D eigenvalue weighted by Gasteiger charge is -2.23. The number of rotatable bonds is 5. The molecule has 9 nitrogen and oxygen atoms in total. The van der Waals surface area contributed by atoms with Gasteiger partial charge in [0.2, 0.25) is 0 Å². The number of benzene rings is 1. The van der Waals surface area contributed by atoms with Gasteiger partial charge in [0.25, 0.3) is 5.91 Å². The van der Waals surface area contributed by atoms with Crippen molar-refractivity contribution in [3.63, 3.8) is 0 Å². The number of methoxy groups -OCH3 is 1. The van der Waals surface area contributed by atoms with Crippen LogP contribution in [0.4, 0.5) is 13.2 Å². The maximum absolute atomic E-state index is 13.5. The molecular formula is C23H23F3N6O3. The number of aromatic nitrogens is 4. The first-order chi connectivity index (χ1) is 16.5. The number of alkyl halides is 3. The summed E-state index contributed by atoms with van der Waals surface area (Å²) >= 11 is 0. The molecule has 0 saturated heterocycles. The zero-order valence-electron chi connectivity index (χ0n) is 19.8. The molecule has 0 spiro atoms. The molecule has 0 saturated carbocycles. The van der Waals surface area contributed by atoms with Gasteiger partial charge >= 0.3 is 6.18 Å². The van der Waals surface area contributed by atoms with E-state index in [9.17, 15) is 23.2 Å². The fraction of sp³-hybridized carbons (Fsp3) is 0.391. The number of nitrogens with zero attached hydrogens (tertiary/aromatic N) is 6. The van der Waals surface area contributed by atoms with E-state index < -0.39 is 18.2 Å². The summed E-state index contributed by atoms with van der Waals surface area (Å²) in [7, 11) is 3.08. The van der Waals surface area contributed by atoms with Crippen molar-refractivity contribution >= 4 is 5.91 Å². The van der Waals surface area contributed by atoms with Gasteiger partial charge in [-0.1, -0.05) is 0 Å². The van der Waals surface area contributed by atoms with E-state index >= 15 is 0 Å². The van der Waals surface area contributed by atoms with E-state index in [0.29, 0.717) is 5.69 Å². The Balaban J connectivity index is 1.67. The topological polar surface area (TPSA) is 98.2 Å². The van der Waals surface area contributed by atoms with E-state index in [1.807, 2.05) is 33.2 Å². The fourth-order valence-corrected chi connectivity index (χ4v) is 4.09. The van der Waals surface area contributed by atoms with Crippen LogP contribution in [0.15, 0.2) is 18.3 Å². The summed E-state index contributed by atoms with van der Waals surface area (Å²) in [6.07, 6.45) is -5.00. The van der Waals surface area contributed by atoms with Gasteiger partial charge in [-0.15, -0.1) is 0 Å². The standard InChI is InChI=1S/C23H23F3N6O3/c1-12-20(13(2)30(4)28-12)32-10-16-9-31(11-17(16)29-32)22(33)19-18(35-14(3)23(24,25)26)7-6-15(8-27)21(19)34-5/h6-7,10,14H,9,11H2,1-5H3/t14-/m0/s1. The molecule has 184 valence electrons. The molecular weight excluding hydrogens is 465 g/mol. The molecule has 0 unspecified atom stereocenters. The molecule has 1 aliphatic rings. The molecule has 1 aromatic carbocycles. The SMILES string of the molecule is COc1c(C#N)ccc(O[C@@H](C)C(F)(F)F)c1C(=O)N1Cc2cn(-c3c(C)nn(C)c3C)nc2C1. The van der Waals surface area contributed by atoms with Gasteiger partial charge in [0, 0.05) is 25.4 Å². The second kappa shape index (κ2) is 8.65. The molecule has 12 heteroatoms. The molecule has 1 atom stereocenters. The first kappa shape index (κ1) is 24.1. The van der Waals surface area contributed by atoms with Crippen molar-refractivity contribution in [1.82, 2.24) is 24.5 Å². The smallest absolute Gasteiger partial charge is 0.425 e. The van der Waals surface area contributed by atoms with Crippen LogP contribution >= 0.6 is 0 Å². The summed E-state index contributed by atoms with van der Waals surface area (Å²) in [5.74, 6) is -1.07. The number of halogens is 3. The Kier molecular flexibility index (Phi) is 5.96. The first-order valence-corrected chi connectivity index (χ1v) is 10.7. The van der Waals surface area contributed by atoms with Gasteiger partial charge in [-0.3, -0.25) is 9.48 Å². The number of fused-ring (bicyclic) bond motifs is 1. The van der Waals surface area contributed by atoms with E-state index in [0.717, 1.165) is 29.6 Å². The largest absolute Gasteiger partial charge is 0.494 e. The quantitative estimate of drug-likeness (QED) is 0.545. The third-order valence-corrected chi connectivity index (χ3v) is 5.99. The van der Waals surface area contributed by atoms with Crippen LogP contribution in [0.3, 0.4) is 0 Å². The minimum Gasteiger partial charge on any atom is -0.494 e. The third kappa shape index (κ3) is 4.18. The molecule has 4 rings (SSSR count). The summed E-state index contributed by atoms with van der Waals surface area (Å²) in [6.45, 7) is 4.96. The highest BCUT2D eigenvalue weighted by Gasteiger charge is 2.40. The maximum atomic E-state index is 13.5. The van der Waals surface area contributed by atoms with E-state index in [-0.39, 0.29) is 35.7 Å². The summed E-state index contributed by atoms with van der Waals surface area (Å²) in [4.78, 5) is 14.9. The van der Waals surface area contributed by atoms with Gasteiger partial charge in [-0.05, 0) is 32.9 Å². The lowest BCUT2D eigenvalue weighted by Crippen LogP contribution is -2.33. The van der Waals surface area contributed by atoms with Gasteiger partial charge in [-0.2, -0.15) is 28.6 Å². The summed E-state index contributed by atoms with van der Waals surface area (Å²) in [5, 5.41) is 18.4. The van der Waals surface area contributed by atoms with Crippen LogP contribution in [0, 0.1) is 25.2 Å². The van der Waals surface area contributed by atoms with Gasteiger partial charge in [0.1, 0.15) is 23.1 Å². The Bertz CT molecular complexity index is 1330. The van der Waals surface area contributed by atoms with E-state index in [1.54, 1.807) is 9.36 Å². The van der Waals surface area contributed by atoms with Crippen molar-refractivity contribution in [1.29, 1.82) is 5.26 Å². The van der Waals surface area contributed by atoms with Crippen molar-refractivity contribution in [2.24, 2.45) is 7.05 Å². The highest BCUT2D eigenvalue weighted by Crippen LogP contribution is 2.37. The minimum atomic E-state index is -4.64. The van der Waals surface area contributed by atoms with Crippen molar-refractivity contribution in [3.05, 3.63) is 52.1 Å². The Labute approximate surface area is 199 Å². The molecule has 1 aliphatic heterocycles. The predicted octanol–water partition coefficient (Wildman–Crippen LogP) is 3.59. The van der Waals surface area contributed by atoms with Crippen LogP contribution in [0.5, 0.6) is 11.5 Å². The number of carbonyl (C=O) groups is 1. The summed E-state index contributed by atoms with van der Waals surface area (Å²) < 4.78 is 53.3. The molecule has 2 aromatic heterocycles. The molecule has 0 radical (unpaired) electrons. The number of carbonyl (C=O) groups excluding carboxylic acids is 1. The molecule has 35 heavy (non-hydrogen) atoms. The van der Waals surface area contributed by atoms with Crippen molar-refractivity contribution in [2.45, 2.75) is 46.1 Å². The van der Waals surface area contributed by atoms with Crippen LogP contribution < -0.4 is 9.47 Å². The van der Waals surface area contributed by atoms with E-state index in [4.69, 9.17) is 9.47 Å². The van der Waals surface area contributed by atoms with Gasteiger partial charge in [0.15, 0.2) is 11.9 Å². The zero-order valence-corrected chi connectivity index (χ0v) is 19.8. The van der Waals surface area contributed by atoms with Crippen LogP contribution in [-0.2, 0) is 20.1 Å². The van der Waals surface area contributed by atoms with Crippen LogP contribution in [0.2, 0.25) is 0 Å². The Morgan fingerprint density at radius 2 is 1.94 bits per heavy atom. The first-order valence-electron chi connectivity index (χ1n) is 10.7. The van der Waals surface area contributed by atoms with Gasteiger partial charge in [0.05, 0.1) is 36.3 Å². The van der Waals surface area contributed by atoms with Gasteiger partial charge < -0.3 is 14.4 Å². The molecule has 3 aromatic rings. The highest BCUT2D eigenvalue weighted by molar-refractivity contribution is 6.00. The number of nitriles is 1. The molecule has 3 heterocycles. The number of hydrogen-bond donors (Lipinski definition) is 0. The minimum absolute atomic E-state index is 0.00696. The van der Waals surface area contributed by atoms with E-state index in [1.165, 1.54) is 24.1 Å². The third-order valence-electron chi connectivity index (χ3n) is 5.99. The average Bonchev–Trinajstić information content (AvgIpc) is 3.43. The monoisotopic (exact) mass is 488 g/mol. The maximum Gasteiger partial charge on any atom is 0.425 e. The highest BCUT2D eigenvalue weighted by atomic mass is 19.4.